The van der Waals surface area contributed by atoms with Crippen LogP contribution in [0.4, 0.5) is 0 Å². The third-order valence-corrected chi connectivity index (χ3v) is 1.70. The van der Waals surface area contributed by atoms with Crippen LogP contribution in [0.15, 0.2) is 54.0 Å². The molecule has 0 aromatic carbocycles. The SMILES string of the molecule is C=C/C=C(\C)N=c1ncccn1/C=C/C. The van der Waals surface area contributed by atoms with Gasteiger partial charge in [0.1, 0.15) is 0 Å². The molecule has 0 saturated heterocycles. The van der Waals surface area contributed by atoms with Crippen molar-refractivity contribution < 1.29 is 0 Å². The molecule has 78 valence electrons. The minimum Gasteiger partial charge on any atom is -0.293 e. The fourth-order valence-electron chi connectivity index (χ4n) is 1.10. The second-order valence-corrected chi connectivity index (χ2v) is 2.96. The molecule has 15 heavy (non-hydrogen) atoms. The van der Waals surface area contributed by atoms with Crippen molar-refractivity contribution in [3.8, 4) is 0 Å². The molecular formula is C12H15N3. The van der Waals surface area contributed by atoms with E-state index in [-0.39, 0.29) is 0 Å². The predicted molar refractivity (Wildman–Crippen MR) is 62.7 cm³/mol. The number of hydrogen-bond donors (Lipinski definition) is 0. The smallest absolute Gasteiger partial charge is 0.233 e. The fraction of sp³-hybridized carbons (Fsp3) is 0.167. The molecule has 0 N–H and O–H groups in total. The molecular weight excluding hydrogens is 186 g/mol. The highest BCUT2D eigenvalue weighted by atomic mass is 15.1. The van der Waals surface area contributed by atoms with Crippen LogP contribution in [0.2, 0.25) is 0 Å². The Labute approximate surface area is 89.8 Å². The van der Waals surface area contributed by atoms with E-state index < -0.39 is 0 Å². The second-order valence-electron chi connectivity index (χ2n) is 2.96. The summed E-state index contributed by atoms with van der Waals surface area (Å²) >= 11 is 0. The fourth-order valence-corrected chi connectivity index (χ4v) is 1.10. The average molecular weight is 201 g/mol. The van der Waals surface area contributed by atoms with Gasteiger partial charge in [-0.15, -0.1) is 0 Å². The largest absolute Gasteiger partial charge is 0.293 e. The van der Waals surface area contributed by atoms with Crippen molar-refractivity contribution in [2.45, 2.75) is 13.8 Å². The van der Waals surface area contributed by atoms with Gasteiger partial charge in [-0.1, -0.05) is 18.7 Å². The molecule has 0 amide bonds. The zero-order chi connectivity index (χ0) is 11.1. The van der Waals surface area contributed by atoms with Crippen molar-refractivity contribution in [2.75, 3.05) is 0 Å². The third kappa shape index (κ3) is 3.38. The first kappa shape index (κ1) is 11.2. The summed E-state index contributed by atoms with van der Waals surface area (Å²) in [5, 5.41) is 0. The Hall–Kier alpha value is -1.90. The van der Waals surface area contributed by atoms with Gasteiger partial charge in [-0.05, 0) is 26.0 Å². The lowest BCUT2D eigenvalue weighted by Gasteiger charge is -1.98. The van der Waals surface area contributed by atoms with E-state index in [1.54, 1.807) is 12.3 Å². The van der Waals surface area contributed by atoms with E-state index in [0.717, 1.165) is 5.70 Å². The summed E-state index contributed by atoms with van der Waals surface area (Å²) in [5.41, 5.74) is 1.54. The van der Waals surface area contributed by atoms with E-state index in [1.807, 2.05) is 49.0 Å². The van der Waals surface area contributed by atoms with Crippen molar-refractivity contribution in [1.29, 1.82) is 0 Å². The topological polar surface area (TPSA) is 30.2 Å². The van der Waals surface area contributed by atoms with Crippen LogP contribution in [-0.4, -0.2) is 9.55 Å². The van der Waals surface area contributed by atoms with Crippen LogP contribution in [0.3, 0.4) is 0 Å². The minimum atomic E-state index is 0.659. The summed E-state index contributed by atoms with van der Waals surface area (Å²) in [6.07, 6.45) is 11.0. The summed E-state index contributed by atoms with van der Waals surface area (Å²) in [6.45, 7) is 7.49. The maximum atomic E-state index is 4.36. The molecule has 0 unspecified atom stereocenters. The first-order valence-electron chi connectivity index (χ1n) is 4.78. The lowest BCUT2D eigenvalue weighted by Crippen LogP contribution is -2.19. The predicted octanol–water partition coefficient (Wildman–Crippen LogP) is 2.36. The minimum absolute atomic E-state index is 0.659. The van der Waals surface area contributed by atoms with E-state index >= 15 is 0 Å². The van der Waals surface area contributed by atoms with E-state index in [4.69, 9.17) is 0 Å². The quantitative estimate of drug-likeness (QED) is 0.690. The molecule has 0 radical (unpaired) electrons. The van der Waals surface area contributed by atoms with Gasteiger partial charge in [-0.2, -0.15) is 0 Å². The number of rotatable bonds is 3. The van der Waals surface area contributed by atoms with Crippen molar-refractivity contribution in [3.63, 3.8) is 0 Å². The van der Waals surface area contributed by atoms with Crippen LogP contribution in [-0.2, 0) is 0 Å². The van der Waals surface area contributed by atoms with Crippen LogP contribution >= 0.6 is 0 Å². The Morgan fingerprint density at radius 1 is 1.60 bits per heavy atom. The molecule has 1 rings (SSSR count). The van der Waals surface area contributed by atoms with Crippen molar-refractivity contribution in [3.05, 3.63) is 54.6 Å². The Morgan fingerprint density at radius 2 is 2.40 bits per heavy atom. The molecule has 0 saturated carbocycles. The van der Waals surface area contributed by atoms with Crippen LogP contribution in [0.25, 0.3) is 6.20 Å². The number of allylic oxidation sites excluding steroid dienone is 4. The zero-order valence-corrected chi connectivity index (χ0v) is 9.09. The highest BCUT2D eigenvalue weighted by Gasteiger charge is 1.88. The van der Waals surface area contributed by atoms with Gasteiger partial charge in [0, 0.05) is 24.3 Å². The summed E-state index contributed by atoms with van der Waals surface area (Å²) in [5.74, 6) is 0. The standard InChI is InChI=1S/C12H15N3/c1-4-7-11(3)14-12-13-8-6-10-15(12)9-5-2/h4-10H,1H2,2-3H3/b9-5+,11-7+,14-12?. The molecule has 1 aromatic heterocycles. The van der Waals surface area contributed by atoms with Crippen molar-refractivity contribution in [1.82, 2.24) is 9.55 Å². The number of aromatic nitrogens is 2. The van der Waals surface area contributed by atoms with Gasteiger partial charge in [0.05, 0.1) is 0 Å². The molecule has 0 aliphatic heterocycles. The van der Waals surface area contributed by atoms with E-state index in [1.165, 1.54) is 0 Å². The lowest BCUT2D eigenvalue weighted by molar-refractivity contribution is 0.895. The number of nitrogens with zero attached hydrogens (tertiary/aromatic N) is 3. The normalized spacial score (nSPS) is 13.5. The Kier molecular flexibility index (Phi) is 4.29. The highest BCUT2D eigenvalue weighted by Crippen LogP contribution is 1.92. The van der Waals surface area contributed by atoms with Gasteiger partial charge in [0.15, 0.2) is 0 Å². The lowest BCUT2D eigenvalue weighted by atomic mass is 10.4. The van der Waals surface area contributed by atoms with E-state index in [0.29, 0.717) is 5.62 Å². The van der Waals surface area contributed by atoms with Gasteiger partial charge < -0.3 is 0 Å². The van der Waals surface area contributed by atoms with E-state index in [9.17, 15) is 0 Å². The molecule has 1 aromatic rings. The highest BCUT2D eigenvalue weighted by molar-refractivity contribution is 5.19. The Balaban J connectivity index is 3.24. The first-order chi connectivity index (χ1) is 7.27. The molecule has 0 atom stereocenters. The molecule has 1 heterocycles. The third-order valence-electron chi connectivity index (χ3n) is 1.70. The molecule has 0 spiro atoms. The molecule has 0 bridgehead atoms. The monoisotopic (exact) mass is 201 g/mol. The molecule has 3 nitrogen and oxygen atoms in total. The van der Waals surface area contributed by atoms with Crippen LogP contribution in [0.1, 0.15) is 13.8 Å². The van der Waals surface area contributed by atoms with Crippen LogP contribution < -0.4 is 5.62 Å². The molecule has 0 aliphatic rings. The van der Waals surface area contributed by atoms with Crippen LogP contribution in [0, 0.1) is 0 Å². The maximum absolute atomic E-state index is 4.36. The van der Waals surface area contributed by atoms with Gasteiger partial charge in [-0.25, -0.2) is 9.98 Å². The summed E-state index contributed by atoms with van der Waals surface area (Å²) in [4.78, 5) is 8.55. The van der Waals surface area contributed by atoms with Crippen LogP contribution in [0.5, 0.6) is 0 Å². The van der Waals surface area contributed by atoms with Gasteiger partial charge in [0.2, 0.25) is 5.62 Å². The van der Waals surface area contributed by atoms with Gasteiger partial charge in [-0.3, -0.25) is 4.57 Å². The molecule has 0 fully saturated rings. The average Bonchev–Trinajstić information content (AvgIpc) is 2.21. The van der Waals surface area contributed by atoms with Gasteiger partial charge in [0.25, 0.3) is 0 Å². The molecule has 3 heteroatoms. The first-order valence-corrected chi connectivity index (χ1v) is 4.78. The summed E-state index contributed by atoms with van der Waals surface area (Å²) in [6, 6.07) is 1.87. The second kappa shape index (κ2) is 5.75. The number of hydrogen-bond acceptors (Lipinski definition) is 2. The Bertz CT molecular complexity index is 450. The zero-order valence-electron chi connectivity index (χ0n) is 9.09. The van der Waals surface area contributed by atoms with Gasteiger partial charge >= 0.3 is 0 Å². The van der Waals surface area contributed by atoms with E-state index in [2.05, 4.69) is 16.6 Å². The van der Waals surface area contributed by atoms with Crippen molar-refractivity contribution >= 4 is 6.20 Å². The summed E-state index contributed by atoms with van der Waals surface area (Å²) in [7, 11) is 0. The Morgan fingerprint density at radius 3 is 3.07 bits per heavy atom. The summed E-state index contributed by atoms with van der Waals surface area (Å²) < 4.78 is 1.86. The van der Waals surface area contributed by atoms with Crippen molar-refractivity contribution in [2.24, 2.45) is 4.99 Å². The maximum Gasteiger partial charge on any atom is 0.233 e. The molecule has 0 aliphatic carbocycles.